The average molecular weight is 396 g/mol. The molecule has 0 amide bonds. The molecular weight excluding hydrogens is 379 g/mol. The van der Waals surface area contributed by atoms with E-state index in [1.165, 1.54) is 0 Å². The van der Waals surface area contributed by atoms with E-state index in [4.69, 9.17) is 9.84 Å². The number of hydrogen-bond donors (Lipinski definition) is 4. The van der Waals surface area contributed by atoms with E-state index in [1.807, 2.05) is 24.3 Å². The molecule has 0 heterocycles. The molecule has 7 heteroatoms. The van der Waals surface area contributed by atoms with Crippen LogP contribution in [0, 0.1) is 3.57 Å². The number of carbonyl (C=O) groups is 1. The van der Waals surface area contributed by atoms with Crippen molar-refractivity contribution in [1.82, 2.24) is 0 Å². The number of halogens is 1. The van der Waals surface area contributed by atoms with Gasteiger partial charge in [0, 0.05) is 3.57 Å². The van der Waals surface area contributed by atoms with Crippen LogP contribution in [0.1, 0.15) is 5.56 Å². The Balaban J connectivity index is 2.58. The largest absolute Gasteiger partial charge is 0.394 e. The molecule has 0 spiro atoms. The van der Waals surface area contributed by atoms with Gasteiger partial charge in [-0.3, -0.25) is 0 Å². The van der Waals surface area contributed by atoms with Gasteiger partial charge in [0.2, 0.25) is 0 Å². The van der Waals surface area contributed by atoms with Crippen molar-refractivity contribution in [3.63, 3.8) is 0 Å². The van der Waals surface area contributed by atoms with Crippen molar-refractivity contribution >= 4 is 28.9 Å². The predicted octanol–water partition coefficient (Wildman–Crippen LogP) is -0.550. The Labute approximate surface area is 130 Å². The summed E-state index contributed by atoms with van der Waals surface area (Å²) in [5.74, 6) is 0. The van der Waals surface area contributed by atoms with Gasteiger partial charge in [0.1, 0.15) is 24.4 Å². The lowest BCUT2D eigenvalue weighted by Crippen LogP contribution is -2.47. The zero-order valence-corrected chi connectivity index (χ0v) is 12.8. The first-order valence-electron chi connectivity index (χ1n) is 5.96. The van der Waals surface area contributed by atoms with Gasteiger partial charge in [-0.1, -0.05) is 12.1 Å². The summed E-state index contributed by atoms with van der Waals surface area (Å²) < 4.78 is 6.28. The highest BCUT2D eigenvalue weighted by Gasteiger charge is 2.31. The minimum Gasteiger partial charge on any atom is -0.394 e. The monoisotopic (exact) mass is 396 g/mol. The van der Waals surface area contributed by atoms with E-state index >= 15 is 0 Å². The first-order chi connectivity index (χ1) is 9.49. The third kappa shape index (κ3) is 5.08. The molecule has 112 valence electrons. The topological polar surface area (TPSA) is 107 Å². The summed E-state index contributed by atoms with van der Waals surface area (Å²) in [7, 11) is 0. The quantitative estimate of drug-likeness (QED) is 0.347. The molecule has 0 aliphatic heterocycles. The Bertz CT molecular complexity index is 410. The minimum absolute atomic E-state index is 0.0827. The fourth-order valence-corrected chi connectivity index (χ4v) is 1.88. The Morgan fingerprint density at radius 1 is 1.15 bits per heavy atom. The van der Waals surface area contributed by atoms with Gasteiger partial charge in [-0.2, -0.15) is 0 Å². The molecule has 1 aromatic rings. The Morgan fingerprint density at radius 2 is 1.75 bits per heavy atom. The summed E-state index contributed by atoms with van der Waals surface area (Å²) >= 11 is 2.15. The van der Waals surface area contributed by atoms with E-state index in [-0.39, 0.29) is 6.61 Å². The van der Waals surface area contributed by atoms with Gasteiger partial charge in [0.05, 0.1) is 13.2 Å². The van der Waals surface area contributed by atoms with Crippen molar-refractivity contribution < 1.29 is 30.0 Å². The molecule has 0 saturated heterocycles. The van der Waals surface area contributed by atoms with E-state index in [0.717, 1.165) is 9.13 Å². The van der Waals surface area contributed by atoms with Crippen LogP contribution in [0.3, 0.4) is 0 Å². The maximum atomic E-state index is 10.9. The average Bonchev–Trinajstić information content (AvgIpc) is 2.47. The van der Waals surface area contributed by atoms with Crippen LogP contribution in [-0.4, -0.2) is 57.7 Å². The molecular formula is C13H17IO6. The van der Waals surface area contributed by atoms with Crippen molar-refractivity contribution in [2.24, 2.45) is 0 Å². The van der Waals surface area contributed by atoms with E-state index in [9.17, 15) is 20.1 Å². The lowest BCUT2D eigenvalue weighted by molar-refractivity contribution is -0.147. The number of aliphatic hydroxyl groups excluding tert-OH is 4. The number of rotatable bonds is 8. The first-order valence-corrected chi connectivity index (χ1v) is 7.04. The number of aliphatic hydroxyl groups is 4. The summed E-state index contributed by atoms with van der Waals surface area (Å²) in [4.78, 5) is 10.9. The second-order valence-electron chi connectivity index (χ2n) is 4.27. The van der Waals surface area contributed by atoms with E-state index in [1.54, 1.807) is 0 Å². The Morgan fingerprint density at radius 3 is 2.25 bits per heavy atom. The molecule has 1 aromatic carbocycles. The number of ether oxygens (including phenoxy) is 1. The molecule has 0 radical (unpaired) electrons. The first kappa shape index (κ1) is 17.5. The summed E-state index contributed by atoms with van der Waals surface area (Å²) in [5.41, 5.74) is 0.807. The van der Waals surface area contributed by atoms with Crippen LogP contribution >= 0.6 is 22.6 Å². The fraction of sp³-hybridized carbons (Fsp3) is 0.462. The highest BCUT2D eigenvalue weighted by Crippen LogP contribution is 2.12. The summed E-state index contributed by atoms with van der Waals surface area (Å²) in [6.07, 6.45) is -5.74. The maximum absolute atomic E-state index is 10.9. The number of aldehydes is 1. The van der Waals surface area contributed by atoms with Crippen LogP contribution in [0.4, 0.5) is 0 Å². The molecule has 0 fully saturated rings. The van der Waals surface area contributed by atoms with Crippen molar-refractivity contribution in [2.75, 3.05) is 6.61 Å². The lowest BCUT2D eigenvalue weighted by atomic mass is 10.0. The van der Waals surface area contributed by atoms with Gasteiger partial charge in [0.25, 0.3) is 0 Å². The van der Waals surface area contributed by atoms with Gasteiger partial charge in [-0.25, -0.2) is 0 Å². The fourth-order valence-electron chi connectivity index (χ4n) is 1.52. The van der Waals surface area contributed by atoms with Crippen LogP contribution in [-0.2, 0) is 16.1 Å². The van der Waals surface area contributed by atoms with Crippen molar-refractivity contribution in [2.45, 2.75) is 31.0 Å². The van der Waals surface area contributed by atoms with Crippen molar-refractivity contribution in [3.8, 4) is 0 Å². The van der Waals surface area contributed by atoms with E-state index in [0.29, 0.717) is 6.29 Å². The standard InChI is InChI=1S/C13H17IO6/c14-9-3-1-8(2-4-9)7-20-11(6-16)13(19)12(18)10(17)5-15/h1-4,6,10-13,15,17-19H,5,7H2. The molecule has 1 rings (SSSR count). The van der Waals surface area contributed by atoms with E-state index < -0.39 is 31.0 Å². The van der Waals surface area contributed by atoms with Crippen molar-refractivity contribution in [3.05, 3.63) is 33.4 Å². The molecule has 0 aliphatic carbocycles. The van der Waals surface area contributed by atoms with Gasteiger partial charge >= 0.3 is 0 Å². The molecule has 4 atom stereocenters. The minimum atomic E-state index is -1.66. The van der Waals surface area contributed by atoms with Crippen molar-refractivity contribution in [1.29, 1.82) is 0 Å². The Kier molecular flexibility index (Phi) is 7.56. The second-order valence-corrected chi connectivity index (χ2v) is 5.51. The maximum Gasteiger partial charge on any atom is 0.151 e. The SMILES string of the molecule is O=CC(OCc1ccc(I)cc1)C(O)C(O)C(O)CO. The van der Waals surface area contributed by atoms with Gasteiger partial charge in [0.15, 0.2) is 6.29 Å². The third-order valence-corrected chi connectivity index (χ3v) is 3.48. The lowest BCUT2D eigenvalue weighted by Gasteiger charge is -2.25. The van der Waals surface area contributed by atoms with Gasteiger partial charge in [-0.05, 0) is 40.3 Å². The molecule has 0 aromatic heterocycles. The highest BCUT2D eigenvalue weighted by atomic mass is 127. The van der Waals surface area contributed by atoms with Crippen LogP contribution in [0.5, 0.6) is 0 Å². The number of hydrogen-bond acceptors (Lipinski definition) is 6. The molecule has 20 heavy (non-hydrogen) atoms. The van der Waals surface area contributed by atoms with Crippen LogP contribution in [0.2, 0.25) is 0 Å². The Hall–Kier alpha value is -0.580. The summed E-state index contributed by atoms with van der Waals surface area (Å²) in [6, 6.07) is 7.37. The normalized spacial score (nSPS) is 17.2. The van der Waals surface area contributed by atoms with Crippen LogP contribution in [0.15, 0.2) is 24.3 Å². The molecule has 4 N–H and O–H groups in total. The highest BCUT2D eigenvalue weighted by molar-refractivity contribution is 14.1. The molecule has 6 nitrogen and oxygen atoms in total. The van der Waals surface area contributed by atoms with Gasteiger partial charge < -0.3 is 30.0 Å². The van der Waals surface area contributed by atoms with Crippen LogP contribution < -0.4 is 0 Å². The summed E-state index contributed by atoms with van der Waals surface area (Å²) in [5, 5.41) is 37.2. The third-order valence-electron chi connectivity index (χ3n) is 2.76. The predicted molar refractivity (Wildman–Crippen MR) is 78.9 cm³/mol. The second kappa shape index (κ2) is 8.65. The van der Waals surface area contributed by atoms with Gasteiger partial charge in [-0.15, -0.1) is 0 Å². The molecule has 0 aliphatic rings. The smallest absolute Gasteiger partial charge is 0.151 e. The summed E-state index contributed by atoms with van der Waals surface area (Å²) in [6.45, 7) is -0.639. The zero-order chi connectivity index (χ0) is 15.1. The number of carbonyl (C=O) groups excluding carboxylic acids is 1. The number of benzene rings is 1. The molecule has 0 bridgehead atoms. The zero-order valence-electron chi connectivity index (χ0n) is 10.6. The van der Waals surface area contributed by atoms with E-state index in [2.05, 4.69) is 22.6 Å². The van der Waals surface area contributed by atoms with Crippen LogP contribution in [0.25, 0.3) is 0 Å². The molecule has 0 saturated carbocycles. The molecule has 4 unspecified atom stereocenters.